The second-order valence-electron chi connectivity index (χ2n) is 7.56. The Morgan fingerprint density at radius 3 is 2.52 bits per heavy atom. The zero-order valence-corrected chi connectivity index (χ0v) is 16.7. The molecule has 3 aromatic rings. The third kappa shape index (κ3) is 4.22. The monoisotopic (exact) mass is 414 g/mol. The number of quaternary nitrogens is 2. The standard InChI is InChI=1S/C21H21ClN4O3/c22-17-3-1-2-16(11-17)21-23-20(29-24-21)13-26-8-6-25(7-9-26)12-15-4-5-18-19(10-15)28-14-27-18/h1-5,10-11H,6-9,12-14H2/p+2. The van der Waals surface area contributed by atoms with E-state index in [1.165, 1.54) is 10.5 Å². The van der Waals surface area contributed by atoms with Crippen molar-refractivity contribution in [2.75, 3.05) is 33.0 Å². The van der Waals surface area contributed by atoms with Crippen LogP contribution in [-0.4, -0.2) is 43.1 Å². The van der Waals surface area contributed by atoms with Gasteiger partial charge in [0.1, 0.15) is 32.7 Å². The Bertz CT molecular complexity index is 1000. The Kier molecular flexibility index (Phi) is 5.10. The SMILES string of the molecule is Clc1cccc(-c2noc(C[NH+]3CC[NH+](Cc4ccc5c(c4)OCO5)CC3)n2)c1. The molecule has 150 valence electrons. The summed E-state index contributed by atoms with van der Waals surface area (Å²) in [5.41, 5.74) is 2.16. The van der Waals surface area contributed by atoms with Crippen molar-refractivity contribution in [3.05, 3.63) is 58.9 Å². The molecule has 1 fully saturated rings. The minimum Gasteiger partial charge on any atom is -0.454 e. The van der Waals surface area contributed by atoms with Crippen LogP contribution in [0.15, 0.2) is 47.0 Å². The van der Waals surface area contributed by atoms with Crippen molar-refractivity contribution in [1.29, 1.82) is 0 Å². The third-order valence-corrected chi connectivity index (χ3v) is 5.74. The van der Waals surface area contributed by atoms with Crippen LogP contribution in [-0.2, 0) is 13.1 Å². The molecule has 0 aliphatic carbocycles. The fraction of sp³-hybridized carbons (Fsp3) is 0.333. The number of fused-ring (bicyclic) bond motifs is 1. The molecule has 5 rings (SSSR count). The van der Waals surface area contributed by atoms with E-state index in [1.54, 1.807) is 4.90 Å². The van der Waals surface area contributed by atoms with Gasteiger partial charge in [0.25, 0.3) is 5.89 Å². The molecular formula is C21H23ClN4O3+2. The lowest BCUT2D eigenvalue weighted by Crippen LogP contribution is -3.27. The molecule has 0 spiro atoms. The van der Waals surface area contributed by atoms with Crippen molar-refractivity contribution >= 4 is 11.6 Å². The molecule has 1 saturated heterocycles. The van der Waals surface area contributed by atoms with E-state index in [0.29, 0.717) is 23.5 Å². The summed E-state index contributed by atoms with van der Waals surface area (Å²) < 4.78 is 16.3. The summed E-state index contributed by atoms with van der Waals surface area (Å²) in [5, 5.41) is 4.77. The molecule has 8 heteroatoms. The zero-order chi connectivity index (χ0) is 19.6. The highest BCUT2D eigenvalue weighted by atomic mass is 35.5. The molecular weight excluding hydrogens is 392 g/mol. The number of ether oxygens (including phenoxy) is 2. The summed E-state index contributed by atoms with van der Waals surface area (Å²) in [6.45, 7) is 6.46. The average molecular weight is 415 g/mol. The number of benzene rings is 2. The molecule has 0 unspecified atom stereocenters. The molecule has 7 nitrogen and oxygen atoms in total. The van der Waals surface area contributed by atoms with Crippen LogP contribution in [0.25, 0.3) is 11.4 Å². The van der Waals surface area contributed by atoms with E-state index in [4.69, 9.17) is 25.6 Å². The first-order chi connectivity index (χ1) is 14.2. The number of nitrogens with zero attached hydrogens (tertiary/aromatic N) is 2. The van der Waals surface area contributed by atoms with Crippen LogP contribution in [0.2, 0.25) is 5.02 Å². The lowest BCUT2D eigenvalue weighted by molar-refractivity contribution is -1.02. The summed E-state index contributed by atoms with van der Waals surface area (Å²) in [6, 6.07) is 13.8. The molecule has 0 atom stereocenters. The van der Waals surface area contributed by atoms with Crippen molar-refractivity contribution in [2.45, 2.75) is 13.1 Å². The van der Waals surface area contributed by atoms with Gasteiger partial charge in [-0.2, -0.15) is 4.98 Å². The summed E-state index contributed by atoms with van der Waals surface area (Å²) in [7, 11) is 0. The van der Waals surface area contributed by atoms with Gasteiger partial charge in [-0.15, -0.1) is 0 Å². The van der Waals surface area contributed by atoms with Gasteiger partial charge in [-0.25, -0.2) is 0 Å². The molecule has 29 heavy (non-hydrogen) atoms. The minimum absolute atomic E-state index is 0.322. The van der Waals surface area contributed by atoms with Crippen molar-refractivity contribution in [3.8, 4) is 22.9 Å². The van der Waals surface area contributed by atoms with Crippen LogP contribution < -0.4 is 19.3 Å². The predicted molar refractivity (Wildman–Crippen MR) is 106 cm³/mol. The fourth-order valence-corrected chi connectivity index (χ4v) is 4.13. The van der Waals surface area contributed by atoms with Gasteiger partial charge in [-0.1, -0.05) is 28.9 Å². The molecule has 0 saturated carbocycles. The van der Waals surface area contributed by atoms with Crippen molar-refractivity contribution in [1.82, 2.24) is 10.1 Å². The molecule has 1 aromatic heterocycles. The van der Waals surface area contributed by atoms with Crippen LogP contribution in [0.5, 0.6) is 11.5 Å². The van der Waals surface area contributed by atoms with Gasteiger partial charge in [0, 0.05) is 16.1 Å². The van der Waals surface area contributed by atoms with Gasteiger partial charge in [0.05, 0.1) is 0 Å². The van der Waals surface area contributed by atoms with Crippen LogP contribution in [0.1, 0.15) is 11.5 Å². The second kappa shape index (κ2) is 8.02. The Morgan fingerprint density at radius 2 is 1.69 bits per heavy atom. The maximum Gasteiger partial charge on any atom is 0.282 e. The maximum atomic E-state index is 6.05. The molecule has 0 radical (unpaired) electrons. The predicted octanol–water partition coefficient (Wildman–Crippen LogP) is 0.602. The average Bonchev–Trinajstić information content (AvgIpc) is 3.39. The van der Waals surface area contributed by atoms with E-state index >= 15 is 0 Å². The van der Waals surface area contributed by atoms with E-state index in [0.717, 1.165) is 56.3 Å². The topological polar surface area (TPSA) is 66.3 Å². The number of rotatable bonds is 5. The summed E-state index contributed by atoms with van der Waals surface area (Å²) in [6.07, 6.45) is 0. The number of nitrogens with one attached hydrogen (secondary N) is 2. The highest BCUT2D eigenvalue weighted by molar-refractivity contribution is 6.30. The second-order valence-corrected chi connectivity index (χ2v) is 8.00. The smallest absolute Gasteiger partial charge is 0.282 e. The quantitative estimate of drug-likeness (QED) is 0.640. The summed E-state index contributed by atoms with van der Waals surface area (Å²) >= 11 is 6.05. The van der Waals surface area contributed by atoms with Crippen LogP contribution >= 0.6 is 11.6 Å². The number of hydrogen-bond acceptors (Lipinski definition) is 5. The van der Waals surface area contributed by atoms with E-state index in [-0.39, 0.29) is 0 Å². The van der Waals surface area contributed by atoms with E-state index in [1.807, 2.05) is 30.3 Å². The van der Waals surface area contributed by atoms with Gasteiger partial charge >= 0.3 is 0 Å². The molecule has 2 N–H and O–H groups in total. The molecule has 3 heterocycles. The van der Waals surface area contributed by atoms with E-state index in [2.05, 4.69) is 22.3 Å². The number of piperazine rings is 1. The molecule has 2 aliphatic rings. The number of halogens is 1. The van der Waals surface area contributed by atoms with E-state index in [9.17, 15) is 0 Å². The van der Waals surface area contributed by atoms with Gasteiger partial charge in [-0.05, 0) is 30.3 Å². The lowest BCUT2D eigenvalue weighted by Gasteiger charge is -2.29. The van der Waals surface area contributed by atoms with Crippen molar-refractivity contribution < 1.29 is 23.8 Å². The van der Waals surface area contributed by atoms with Crippen LogP contribution in [0.4, 0.5) is 0 Å². The highest BCUT2D eigenvalue weighted by Gasteiger charge is 2.25. The minimum atomic E-state index is 0.322. The number of hydrogen-bond donors (Lipinski definition) is 2. The Hall–Kier alpha value is -2.61. The van der Waals surface area contributed by atoms with Crippen molar-refractivity contribution in [3.63, 3.8) is 0 Å². The highest BCUT2D eigenvalue weighted by Crippen LogP contribution is 2.32. The molecule has 0 amide bonds. The van der Waals surface area contributed by atoms with E-state index < -0.39 is 0 Å². The van der Waals surface area contributed by atoms with Crippen molar-refractivity contribution in [2.24, 2.45) is 0 Å². The van der Waals surface area contributed by atoms with Crippen LogP contribution in [0.3, 0.4) is 0 Å². The lowest BCUT2D eigenvalue weighted by atomic mass is 10.1. The first-order valence-corrected chi connectivity index (χ1v) is 10.2. The Balaban J connectivity index is 1.14. The summed E-state index contributed by atoms with van der Waals surface area (Å²) in [5.74, 6) is 2.97. The zero-order valence-electron chi connectivity index (χ0n) is 16.0. The Morgan fingerprint density at radius 1 is 0.897 bits per heavy atom. The normalized spacial score (nSPS) is 20.7. The van der Waals surface area contributed by atoms with Gasteiger partial charge in [-0.3, -0.25) is 0 Å². The van der Waals surface area contributed by atoms with Gasteiger partial charge < -0.3 is 23.8 Å². The van der Waals surface area contributed by atoms with Gasteiger partial charge in [0.15, 0.2) is 18.0 Å². The molecule has 0 bridgehead atoms. The fourth-order valence-electron chi connectivity index (χ4n) is 3.94. The van der Waals surface area contributed by atoms with Gasteiger partial charge in [0.2, 0.25) is 12.6 Å². The first-order valence-electron chi connectivity index (χ1n) is 9.87. The maximum absolute atomic E-state index is 6.05. The van der Waals surface area contributed by atoms with Crippen LogP contribution in [0, 0.1) is 0 Å². The summed E-state index contributed by atoms with van der Waals surface area (Å²) in [4.78, 5) is 7.60. The molecule has 2 aromatic carbocycles. The largest absolute Gasteiger partial charge is 0.454 e. The third-order valence-electron chi connectivity index (χ3n) is 5.51. The first kappa shape index (κ1) is 18.4. The Labute approximate surface area is 173 Å². The molecule has 2 aliphatic heterocycles. The number of aromatic nitrogens is 2.